The molecule has 0 aromatic heterocycles. The molecule has 1 heterocycles. The molecule has 1 aliphatic heterocycles. The van der Waals surface area contributed by atoms with Gasteiger partial charge in [0.2, 0.25) is 17.7 Å². The molecular formula is C29H34Cl2N4O6. The summed E-state index contributed by atoms with van der Waals surface area (Å²) in [4.78, 5) is 54.8. The van der Waals surface area contributed by atoms with Crippen molar-refractivity contribution in [3.63, 3.8) is 0 Å². The van der Waals surface area contributed by atoms with Gasteiger partial charge in [-0.15, -0.1) is 0 Å². The molecule has 4 rings (SSSR count). The summed E-state index contributed by atoms with van der Waals surface area (Å²) < 4.78 is 10.6. The molecule has 0 radical (unpaired) electrons. The number of carbonyl (C=O) groups is 4. The molecule has 2 atom stereocenters. The maximum Gasteiger partial charge on any atom is 0.327 e. The highest BCUT2D eigenvalue weighted by atomic mass is 35.5. The van der Waals surface area contributed by atoms with Gasteiger partial charge in [0.1, 0.15) is 13.1 Å². The minimum atomic E-state index is -0.632. The Morgan fingerprint density at radius 2 is 1.66 bits per heavy atom. The van der Waals surface area contributed by atoms with Gasteiger partial charge in [-0.2, -0.15) is 0 Å². The number of imide groups is 1. The van der Waals surface area contributed by atoms with Crippen LogP contribution in [0.1, 0.15) is 36.8 Å². The Morgan fingerprint density at radius 3 is 2.39 bits per heavy atom. The Morgan fingerprint density at radius 1 is 0.927 bits per heavy atom. The van der Waals surface area contributed by atoms with Gasteiger partial charge in [-0.25, -0.2) is 4.79 Å². The normalized spacial score (nSPS) is 18.5. The molecule has 41 heavy (non-hydrogen) atoms. The average Bonchev–Trinajstić information content (AvgIpc) is 2.97. The molecule has 2 aromatic carbocycles. The molecular weight excluding hydrogens is 571 g/mol. The quantitative estimate of drug-likeness (QED) is 0.403. The molecule has 220 valence electrons. The minimum absolute atomic E-state index is 0.114. The van der Waals surface area contributed by atoms with Gasteiger partial charge in [-0.1, -0.05) is 48.2 Å². The monoisotopic (exact) mass is 604 g/mol. The third-order valence-electron chi connectivity index (χ3n) is 7.48. The Hall–Kier alpha value is -3.50. The van der Waals surface area contributed by atoms with Crippen molar-refractivity contribution in [3.8, 4) is 11.5 Å². The number of rotatable bonds is 11. The molecule has 2 unspecified atom stereocenters. The average molecular weight is 606 g/mol. The molecule has 1 saturated heterocycles. The molecule has 2 aliphatic rings. The fraction of sp³-hybridized carbons (Fsp3) is 0.448. The summed E-state index contributed by atoms with van der Waals surface area (Å²) >= 11 is 12.1. The number of fused-ring (bicyclic) bond motifs is 1. The van der Waals surface area contributed by atoms with E-state index < -0.39 is 24.4 Å². The summed E-state index contributed by atoms with van der Waals surface area (Å²) in [5.41, 5.74) is 1.60. The zero-order valence-corrected chi connectivity index (χ0v) is 24.6. The molecule has 1 aliphatic carbocycles. The van der Waals surface area contributed by atoms with Crippen molar-refractivity contribution < 1.29 is 28.7 Å². The molecule has 0 spiro atoms. The van der Waals surface area contributed by atoms with E-state index in [1.807, 2.05) is 12.1 Å². The lowest BCUT2D eigenvalue weighted by Crippen LogP contribution is -2.65. The van der Waals surface area contributed by atoms with Gasteiger partial charge >= 0.3 is 6.03 Å². The van der Waals surface area contributed by atoms with Crippen LogP contribution in [0.3, 0.4) is 0 Å². The Bertz CT molecular complexity index is 1310. The highest BCUT2D eigenvalue weighted by molar-refractivity contribution is 6.35. The van der Waals surface area contributed by atoms with Crippen LogP contribution in [-0.2, 0) is 27.3 Å². The Kier molecular flexibility index (Phi) is 10.3. The Labute approximate surface area is 249 Å². The lowest BCUT2D eigenvalue weighted by molar-refractivity contribution is -0.144. The number of hydrogen-bond acceptors (Lipinski definition) is 6. The van der Waals surface area contributed by atoms with Crippen molar-refractivity contribution in [2.75, 3.05) is 33.9 Å². The maximum atomic E-state index is 13.5. The number of urea groups is 1. The third-order valence-corrected chi connectivity index (χ3v) is 8.07. The van der Waals surface area contributed by atoms with Crippen molar-refractivity contribution in [2.45, 2.75) is 44.7 Å². The van der Waals surface area contributed by atoms with Gasteiger partial charge < -0.3 is 25.0 Å². The molecule has 0 bridgehead atoms. The van der Waals surface area contributed by atoms with Crippen LogP contribution in [-0.4, -0.2) is 73.4 Å². The molecule has 5 amide bonds. The highest BCUT2D eigenvalue weighted by Crippen LogP contribution is 2.34. The van der Waals surface area contributed by atoms with E-state index in [4.69, 9.17) is 32.7 Å². The highest BCUT2D eigenvalue weighted by Gasteiger charge is 2.47. The van der Waals surface area contributed by atoms with Crippen LogP contribution in [0.4, 0.5) is 4.79 Å². The molecule has 12 heteroatoms. The molecule has 2 fully saturated rings. The second-order valence-electron chi connectivity index (χ2n) is 10.1. The van der Waals surface area contributed by atoms with Gasteiger partial charge in [0.05, 0.1) is 20.1 Å². The summed E-state index contributed by atoms with van der Waals surface area (Å²) in [6.07, 6.45) is 3.50. The number of hydrogen-bond donors (Lipinski definition) is 2. The predicted molar refractivity (Wildman–Crippen MR) is 154 cm³/mol. The van der Waals surface area contributed by atoms with Gasteiger partial charge in [-0.3, -0.25) is 19.3 Å². The first-order chi connectivity index (χ1) is 19.7. The number of benzene rings is 2. The second kappa shape index (κ2) is 13.9. The first-order valence-corrected chi connectivity index (χ1v) is 14.3. The molecule has 2 aromatic rings. The number of carbonyl (C=O) groups excluding carboxylic acids is 4. The zero-order valence-electron chi connectivity index (χ0n) is 23.1. The number of methoxy groups -OCH3 is 2. The first-order valence-electron chi connectivity index (χ1n) is 13.5. The summed E-state index contributed by atoms with van der Waals surface area (Å²) in [6.45, 7) is -0.173. The summed E-state index contributed by atoms with van der Waals surface area (Å²) in [5.74, 6) is -0.439. The van der Waals surface area contributed by atoms with Crippen LogP contribution < -0.4 is 20.1 Å². The largest absolute Gasteiger partial charge is 0.493 e. The summed E-state index contributed by atoms with van der Waals surface area (Å²) in [5, 5.41) is 6.45. The van der Waals surface area contributed by atoms with E-state index in [0.29, 0.717) is 52.9 Å². The number of nitrogens with one attached hydrogen (secondary N) is 2. The number of ether oxygens (including phenoxy) is 2. The standard InChI is InChI=1S/C29H34Cl2N4O6/c1-40-24-10-7-18(13-25(24)41-2)11-12-32-26(36)16-34-23-6-4-3-5-21(23)28(38)35(29(34)39)17-27(37)33-15-19-8-9-20(30)14-22(19)31/h7-10,13-14,21,23H,3-6,11-12,15-17H2,1-2H3,(H,32,36)(H,33,37). The van der Waals surface area contributed by atoms with Crippen LogP contribution in [0, 0.1) is 5.92 Å². The van der Waals surface area contributed by atoms with Crippen LogP contribution in [0.15, 0.2) is 36.4 Å². The minimum Gasteiger partial charge on any atom is -0.493 e. The molecule has 1 saturated carbocycles. The zero-order chi connectivity index (χ0) is 29.5. The summed E-state index contributed by atoms with van der Waals surface area (Å²) in [6, 6.07) is 9.47. The molecule has 10 nitrogen and oxygen atoms in total. The molecule has 2 N–H and O–H groups in total. The number of nitrogens with zero attached hydrogens (tertiary/aromatic N) is 2. The van der Waals surface area contributed by atoms with Gasteiger partial charge in [0.25, 0.3) is 0 Å². The van der Waals surface area contributed by atoms with Crippen molar-refractivity contribution in [3.05, 3.63) is 57.6 Å². The maximum absolute atomic E-state index is 13.5. The van der Waals surface area contributed by atoms with Crippen LogP contribution in [0.25, 0.3) is 0 Å². The van der Waals surface area contributed by atoms with Crippen molar-refractivity contribution >= 4 is 47.0 Å². The van der Waals surface area contributed by atoms with E-state index in [0.717, 1.165) is 23.3 Å². The first kappa shape index (κ1) is 30.5. The topological polar surface area (TPSA) is 117 Å². The fourth-order valence-corrected chi connectivity index (χ4v) is 5.82. The van der Waals surface area contributed by atoms with Gasteiger partial charge in [-0.05, 0) is 54.7 Å². The van der Waals surface area contributed by atoms with Crippen LogP contribution in [0.2, 0.25) is 10.0 Å². The van der Waals surface area contributed by atoms with Crippen molar-refractivity contribution in [2.24, 2.45) is 5.92 Å². The van der Waals surface area contributed by atoms with E-state index in [1.54, 1.807) is 38.5 Å². The third kappa shape index (κ3) is 7.42. The van der Waals surface area contributed by atoms with Crippen molar-refractivity contribution in [1.29, 1.82) is 0 Å². The smallest absolute Gasteiger partial charge is 0.327 e. The SMILES string of the molecule is COc1ccc(CCNC(=O)CN2C(=O)N(CC(=O)NCc3ccc(Cl)cc3Cl)C(=O)C3CCCCC32)cc1OC. The van der Waals surface area contributed by atoms with E-state index >= 15 is 0 Å². The van der Waals surface area contributed by atoms with E-state index in [1.165, 1.54) is 4.90 Å². The van der Waals surface area contributed by atoms with Crippen molar-refractivity contribution in [1.82, 2.24) is 20.4 Å². The van der Waals surface area contributed by atoms with Crippen LogP contribution in [0.5, 0.6) is 11.5 Å². The lowest BCUT2D eigenvalue weighted by Gasteiger charge is -2.46. The van der Waals surface area contributed by atoms with Crippen LogP contribution >= 0.6 is 23.2 Å². The number of halogens is 2. The fourth-order valence-electron chi connectivity index (χ4n) is 5.35. The van der Waals surface area contributed by atoms with Gasteiger partial charge in [0.15, 0.2) is 11.5 Å². The Balaban J connectivity index is 1.36. The second-order valence-corrected chi connectivity index (χ2v) is 10.9. The van der Waals surface area contributed by atoms with E-state index in [2.05, 4.69) is 10.6 Å². The summed E-state index contributed by atoms with van der Waals surface area (Å²) in [7, 11) is 3.12. The van der Waals surface area contributed by atoms with E-state index in [-0.39, 0.29) is 30.9 Å². The number of amides is 5. The van der Waals surface area contributed by atoms with Gasteiger partial charge in [0, 0.05) is 29.2 Å². The van der Waals surface area contributed by atoms with E-state index in [9.17, 15) is 19.2 Å². The lowest BCUT2D eigenvalue weighted by atomic mass is 9.81. The predicted octanol–water partition coefficient (Wildman–Crippen LogP) is 3.81.